The quantitative estimate of drug-likeness (QED) is 0.703. The zero-order chi connectivity index (χ0) is 10.2. The zero-order valence-corrected chi connectivity index (χ0v) is 8.57. The van der Waals surface area contributed by atoms with E-state index < -0.39 is 0 Å². The molecule has 1 aromatic carbocycles. The summed E-state index contributed by atoms with van der Waals surface area (Å²) in [6.07, 6.45) is 2.34. The number of ether oxygens (including phenoxy) is 1. The van der Waals surface area contributed by atoms with E-state index in [0.717, 1.165) is 25.0 Å². The summed E-state index contributed by atoms with van der Waals surface area (Å²) in [5.74, 6) is 0.846. The summed E-state index contributed by atoms with van der Waals surface area (Å²) in [4.78, 5) is 0. The minimum atomic E-state index is -0.180. The Balaban J connectivity index is 2.10. The van der Waals surface area contributed by atoms with Crippen LogP contribution in [0.15, 0.2) is 24.3 Å². The fourth-order valence-corrected chi connectivity index (χ4v) is 1.18. The van der Waals surface area contributed by atoms with E-state index in [4.69, 9.17) is 4.74 Å². The first kappa shape index (κ1) is 11.1. The molecule has 0 fully saturated rings. The van der Waals surface area contributed by atoms with Gasteiger partial charge < -0.3 is 9.84 Å². The van der Waals surface area contributed by atoms with Gasteiger partial charge in [0.05, 0.1) is 12.7 Å². The van der Waals surface area contributed by atoms with Gasteiger partial charge in [-0.25, -0.2) is 0 Å². The molecule has 0 amide bonds. The van der Waals surface area contributed by atoms with Crippen molar-refractivity contribution in [2.75, 3.05) is 6.61 Å². The molecule has 1 aromatic rings. The minimum absolute atomic E-state index is 0.180. The molecule has 2 nitrogen and oxygen atoms in total. The second kappa shape index (κ2) is 6.44. The molecular weight excluding hydrogens is 176 g/mol. The summed E-state index contributed by atoms with van der Waals surface area (Å²) >= 11 is 0. The van der Waals surface area contributed by atoms with Crippen molar-refractivity contribution in [3.05, 3.63) is 30.3 Å². The van der Waals surface area contributed by atoms with Crippen LogP contribution in [0.25, 0.3) is 0 Å². The maximum atomic E-state index is 9.29. The van der Waals surface area contributed by atoms with Crippen LogP contribution in [0, 0.1) is 6.07 Å². The van der Waals surface area contributed by atoms with Crippen molar-refractivity contribution < 1.29 is 9.84 Å². The average molecular weight is 193 g/mol. The first-order valence-corrected chi connectivity index (χ1v) is 5.10. The smallest absolute Gasteiger partial charge is 0.119 e. The third-order valence-corrected chi connectivity index (χ3v) is 2.10. The van der Waals surface area contributed by atoms with E-state index >= 15 is 0 Å². The van der Waals surface area contributed by atoms with Crippen molar-refractivity contribution in [2.24, 2.45) is 0 Å². The highest BCUT2D eigenvalue weighted by Crippen LogP contribution is 2.09. The molecule has 14 heavy (non-hydrogen) atoms. The van der Waals surface area contributed by atoms with Crippen LogP contribution < -0.4 is 4.74 Å². The highest BCUT2D eigenvalue weighted by molar-refractivity contribution is 5.19. The molecule has 77 valence electrons. The van der Waals surface area contributed by atoms with Gasteiger partial charge in [0.1, 0.15) is 5.75 Å². The lowest BCUT2D eigenvalue weighted by atomic mass is 10.1. The number of hydrogen-bond acceptors (Lipinski definition) is 2. The molecule has 0 aliphatic carbocycles. The van der Waals surface area contributed by atoms with Gasteiger partial charge in [0.25, 0.3) is 0 Å². The maximum absolute atomic E-state index is 9.29. The van der Waals surface area contributed by atoms with E-state index in [-0.39, 0.29) is 6.10 Å². The van der Waals surface area contributed by atoms with Gasteiger partial charge in [-0.3, -0.25) is 0 Å². The third-order valence-electron chi connectivity index (χ3n) is 2.10. The Hall–Kier alpha value is -1.02. The highest BCUT2D eigenvalue weighted by atomic mass is 16.5. The van der Waals surface area contributed by atoms with E-state index in [0.29, 0.717) is 6.61 Å². The Morgan fingerprint density at radius 3 is 3.07 bits per heavy atom. The first-order valence-electron chi connectivity index (χ1n) is 5.10. The van der Waals surface area contributed by atoms with Crippen molar-refractivity contribution in [1.29, 1.82) is 0 Å². The second-order valence-corrected chi connectivity index (χ2v) is 3.29. The maximum Gasteiger partial charge on any atom is 0.119 e. The molecule has 1 rings (SSSR count). The molecule has 0 spiro atoms. The standard InChI is InChI=1S/C12H17O2/c1-2-11(13)7-6-10-14-12-8-4-3-5-9-12/h3-4,8-9,11,13H,2,6-7,10H2,1H3. The molecule has 0 bridgehead atoms. The predicted molar refractivity (Wildman–Crippen MR) is 56.3 cm³/mol. The molecule has 0 saturated heterocycles. The largest absolute Gasteiger partial charge is 0.494 e. The average Bonchev–Trinajstić information content (AvgIpc) is 2.25. The molecule has 0 saturated carbocycles. The predicted octanol–water partition coefficient (Wildman–Crippen LogP) is 2.42. The van der Waals surface area contributed by atoms with Crippen LogP contribution in [0.4, 0.5) is 0 Å². The lowest BCUT2D eigenvalue weighted by molar-refractivity contribution is 0.149. The molecule has 1 unspecified atom stereocenters. The number of aliphatic hydroxyl groups excluding tert-OH is 1. The monoisotopic (exact) mass is 193 g/mol. The number of aliphatic hydroxyl groups is 1. The van der Waals surface area contributed by atoms with Crippen LogP contribution in [-0.2, 0) is 0 Å². The molecule has 1 N–H and O–H groups in total. The van der Waals surface area contributed by atoms with Gasteiger partial charge in [-0.05, 0) is 37.5 Å². The molecule has 0 aliphatic heterocycles. The summed E-state index contributed by atoms with van der Waals surface area (Å²) in [7, 11) is 0. The van der Waals surface area contributed by atoms with E-state index in [1.807, 2.05) is 31.2 Å². The fourth-order valence-electron chi connectivity index (χ4n) is 1.18. The Bertz CT molecular complexity index is 233. The summed E-state index contributed by atoms with van der Waals surface area (Å²) in [5.41, 5.74) is 0. The Morgan fingerprint density at radius 1 is 1.57 bits per heavy atom. The van der Waals surface area contributed by atoms with Crippen LogP contribution in [0.1, 0.15) is 26.2 Å². The van der Waals surface area contributed by atoms with Gasteiger partial charge in [-0.1, -0.05) is 19.1 Å². The van der Waals surface area contributed by atoms with Crippen LogP contribution in [-0.4, -0.2) is 17.8 Å². The van der Waals surface area contributed by atoms with Crippen molar-refractivity contribution in [2.45, 2.75) is 32.3 Å². The van der Waals surface area contributed by atoms with Crippen molar-refractivity contribution in [3.63, 3.8) is 0 Å². The second-order valence-electron chi connectivity index (χ2n) is 3.29. The van der Waals surface area contributed by atoms with Crippen LogP contribution in [0.5, 0.6) is 5.75 Å². The fraction of sp³-hybridized carbons (Fsp3) is 0.500. The lowest BCUT2D eigenvalue weighted by Gasteiger charge is -2.08. The normalized spacial score (nSPS) is 12.4. The molecular formula is C12H17O2. The SMILES string of the molecule is CCC(O)CCCOc1c[c]ccc1. The summed E-state index contributed by atoms with van der Waals surface area (Å²) in [5, 5.41) is 9.29. The van der Waals surface area contributed by atoms with Gasteiger partial charge in [0.15, 0.2) is 0 Å². The van der Waals surface area contributed by atoms with Gasteiger partial charge in [0.2, 0.25) is 0 Å². The first-order chi connectivity index (χ1) is 6.83. The molecule has 0 aromatic heterocycles. The van der Waals surface area contributed by atoms with Crippen LogP contribution in [0.2, 0.25) is 0 Å². The molecule has 2 heteroatoms. The van der Waals surface area contributed by atoms with Gasteiger partial charge in [0, 0.05) is 0 Å². The van der Waals surface area contributed by atoms with Gasteiger partial charge >= 0.3 is 0 Å². The van der Waals surface area contributed by atoms with Crippen molar-refractivity contribution >= 4 is 0 Å². The highest BCUT2D eigenvalue weighted by Gasteiger charge is 1.99. The van der Waals surface area contributed by atoms with Crippen molar-refractivity contribution in [3.8, 4) is 5.75 Å². The van der Waals surface area contributed by atoms with E-state index in [1.54, 1.807) is 0 Å². The van der Waals surface area contributed by atoms with E-state index in [9.17, 15) is 5.11 Å². The lowest BCUT2D eigenvalue weighted by Crippen LogP contribution is -2.07. The topological polar surface area (TPSA) is 29.5 Å². The zero-order valence-electron chi connectivity index (χ0n) is 8.57. The Labute approximate surface area is 85.5 Å². The number of rotatable bonds is 6. The third kappa shape index (κ3) is 4.28. The van der Waals surface area contributed by atoms with Gasteiger partial charge in [-0.2, -0.15) is 0 Å². The van der Waals surface area contributed by atoms with Crippen molar-refractivity contribution in [1.82, 2.24) is 0 Å². The number of hydrogen-bond donors (Lipinski definition) is 1. The van der Waals surface area contributed by atoms with Crippen LogP contribution in [0.3, 0.4) is 0 Å². The summed E-state index contributed by atoms with van der Waals surface area (Å²) < 4.78 is 5.46. The molecule has 1 radical (unpaired) electrons. The Morgan fingerprint density at radius 2 is 2.43 bits per heavy atom. The molecule has 0 heterocycles. The van der Waals surface area contributed by atoms with Gasteiger partial charge in [-0.15, -0.1) is 0 Å². The molecule has 0 aliphatic rings. The minimum Gasteiger partial charge on any atom is -0.494 e. The van der Waals surface area contributed by atoms with E-state index in [2.05, 4.69) is 6.07 Å². The van der Waals surface area contributed by atoms with Crippen LogP contribution >= 0.6 is 0 Å². The summed E-state index contributed by atoms with van der Waals surface area (Å²) in [6, 6.07) is 10.4. The number of benzene rings is 1. The Kier molecular flexibility index (Phi) is 5.08. The molecule has 1 atom stereocenters. The van der Waals surface area contributed by atoms with E-state index in [1.165, 1.54) is 0 Å². The summed E-state index contributed by atoms with van der Waals surface area (Å²) in [6.45, 7) is 2.65.